The molecule has 168 valence electrons. The number of aliphatic hydroxyl groups is 2. The fourth-order valence-corrected chi connectivity index (χ4v) is 4.84. The molecule has 1 saturated heterocycles. The monoisotopic (exact) mass is 420 g/mol. The number of fused-ring (bicyclic) bond motifs is 1. The van der Waals surface area contributed by atoms with E-state index in [9.17, 15) is 19.8 Å². The van der Waals surface area contributed by atoms with Crippen LogP contribution in [0.2, 0.25) is 0 Å². The van der Waals surface area contributed by atoms with Crippen LogP contribution in [-0.4, -0.2) is 46.6 Å². The maximum atomic E-state index is 12.8. The van der Waals surface area contributed by atoms with Gasteiger partial charge in [-0.3, -0.25) is 9.59 Å². The summed E-state index contributed by atoms with van der Waals surface area (Å²) in [4.78, 5) is 24.5. The molecule has 6 heteroatoms. The molecule has 0 radical (unpaired) electrons. The first-order valence-corrected chi connectivity index (χ1v) is 11.3. The molecule has 2 aliphatic carbocycles. The summed E-state index contributed by atoms with van der Waals surface area (Å²) in [5, 5.41) is 20.2. The highest BCUT2D eigenvalue weighted by Gasteiger charge is 2.43. The number of ether oxygens (including phenoxy) is 2. The molecule has 6 nitrogen and oxygen atoms in total. The van der Waals surface area contributed by atoms with E-state index >= 15 is 0 Å². The maximum absolute atomic E-state index is 12.8. The number of hydrogen-bond acceptors (Lipinski definition) is 6. The number of allylic oxidation sites excluding steroid dienone is 2. The first-order chi connectivity index (χ1) is 14.1. The van der Waals surface area contributed by atoms with Crippen LogP contribution in [0, 0.1) is 23.2 Å². The van der Waals surface area contributed by atoms with Gasteiger partial charge in [-0.05, 0) is 50.5 Å². The Labute approximate surface area is 179 Å². The van der Waals surface area contributed by atoms with Gasteiger partial charge in [-0.1, -0.05) is 32.1 Å². The highest BCUT2D eigenvalue weighted by molar-refractivity contribution is 5.76. The predicted octanol–water partition coefficient (Wildman–Crippen LogP) is 3.31. The van der Waals surface area contributed by atoms with Crippen LogP contribution in [0.15, 0.2) is 23.8 Å². The van der Waals surface area contributed by atoms with Crippen molar-refractivity contribution < 1.29 is 29.3 Å². The third-order valence-corrected chi connectivity index (χ3v) is 7.13. The summed E-state index contributed by atoms with van der Waals surface area (Å²) in [6.45, 7) is 7.89. The van der Waals surface area contributed by atoms with Crippen molar-refractivity contribution in [1.29, 1.82) is 0 Å². The van der Waals surface area contributed by atoms with E-state index in [0.717, 1.165) is 12.0 Å². The Morgan fingerprint density at radius 1 is 1.27 bits per heavy atom. The highest BCUT2D eigenvalue weighted by atomic mass is 16.6. The van der Waals surface area contributed by atoms with E-state index in [-0.39, 0.29) is 48.3 Å². The molecular weight excluding hydrogens is 384 g/mol. The number of hydrogen-bond donors (Lipinski definition) is 2. The molecule has 30 heavy (non-hydrogen) atoms. The standard InChI is InChI=1S/C24H36O6/c1-5-24(3,4)23(28)30-20-12-16(25)10-15-7-6-14(2)19(22(15)20)9-8-18-11-17(26)13-21(27)29-18/h6-7,10,14,16-20,22,25-26H,5,8-9,11-13H2,1-4H3/t14-,16+,17+,18?,19-,20+,22?/m0/s1. The summed E-state index contributed by atoms with van der Waals surface area (Å²) in [7, 11) is 0. The molecule has 2 N–H and O–H groups in total. The summed E-state index contributed by atoms with van der Waals surface area (Å²) in [6, 6.07) is 0. The molecule has 0 spiro atoms. The van der Waals surface area contributed by atoms with Crippen molar-refractivity contribution in [2.45, 2.75) is 90.6 Å². The van der Waals surface area contributed by atoms with Gasteiger partial charge in [0.25, 0.3) is 0 Å². The number of aliphatic hydroxyl groups excluding tert-OH is 2. The maximum Gasteiger partial charge on any atom is 0.311 e. The summed E-state index contributed by atoms with van der Waals surface area (Å²) in [5.41, 5.74) is 0.453. The minimum atomic E-state index is -0.634. The normalized spacial score (nSPS) is 36.5. The van der Waals surface area contributed by atoms with Gasteiger partial charge in [-0.2, -0.15) is 0 Å². The van der Waals surface area contributed by atoms with E-state index in [0.29, 0.717) is 25.7 Å². The fourth-order valence-electron chi connectivity index (χ4n) is 4.84. The van der Waals surface area contributed by atoms with Crippen LogP contribution in [0.1, 0.15) is 66.2 Å². The number of rotatable bonds is 6. The van der Waals surface area contributed by atoms with Gasteiger partial charge in [0.15, 0.2) is 0 Å². The number of cyclic esters (lactones) is 1. The molecule has 7 atom stereocenters. The molecule has 1 aliphatic heterocycles. The van der Waals surface area contributed by atoms with Crippen molar-refractivity contribution in [3.05, 3.63) is 23.8 Å². The minimum Gasteiger partial charge on any atom is -0.462 e. The van der Waals surface area contributed by atoms with Crippen molar-refractivity contribution in [2.75, 3.05) is 0 Å². The topological polar surface area (TPSA) is 93.1 Å². The van der Waals surface area contributed by atoms with Gasteiger partial charge in [-0.25, -0.2) is 0 Å². The number of carbonyl (C=O) groups is 2. The molecule has 0 aromatic rings. The molecule has 3 rings (SSSR count). The highest BCUT2D eigenvalue weighted by Crippen LogP contribution is 2.44. The Bertz CT molecular complexity index is 708. The molecule has 3 aliphatic rings. The summed E-state index contributed by atoms with van der Waals surface area (Å²) in [6.07, 6.45) is 7.21. The Morgan fingerprint density at radius 2 is 2.00 bits per heavy atom. The zero-order valence-electron chi connectivity index (χ0n) is 18.5. The van der Waals surface area contributed by atoms with Crippen LogP contribution in [0.5, 0.6) is 0 Å². The largest absolute Gasteiger partial charge is 0.462 e. The van der Waals surface area contributed by atoms with Gasteiger partial charge < -0.3 is 19.7 Å². The molecule has 0 aromatic carbocycles. The van der Waals surface area contributed by atoms with E-state index in [4.69, 9.17) is 9.47 Å². The van der Waals surface area contributed by atoms with Gasteiger partial charge >= 0.3 is 11.9 Å². The van der Waals surface area contributed by atoms with Crippen LogP contribution in [0.3, 0.4) is 0 Å². The second-order valence-electron chi connectivity index (χ2n) is 9.84. The molecule has 0 saturated carbocycles. The first-order valence-electron chi connectivity index (χ1n) is 11.3. The summed E-state index contributed by atoms with van der Waals surface area (Å²) >= 11 is 0. The van der Waals surface area contributed by atoms with Crippen LogP contribution in [-0.2, 0) is 19.1 Å². The second-order valence-corrected chi connectivity index (χ2v) is 9.84. The van der Waals surface area contributed by atoms with Crippen LogP contribution < -0.4 is 0 Å². The third-order valence-electron chi connectivity index (χ3n) is 7.13. The zero-order valence-corrected chi connectivity index (χ0v) is 18.5. The van der Waals surface area contributed by atoms with E-state index in [2.05, 4.69) is 13.0 Å². The lowest BCUT2D eigenvalue weighted by Crippen LogP contribution is -2.44. The average molecular weight is 421 g/mol. The van der Waals surface area contributed by atoms with Gasteiger partial charge in [0.1, 0.15) is 12.2 Å². The summed E-state index contributed by atoms with van der Waals surface area (Å²) < 4.78 is 11.4. The van der Waals surface area contributed by atoms with Crippen LogP contribution >= 0.6 is 0 Å². The Hall–Kier alpha value is -1.66. The lowest BCUT2D eigenvalue weighted by atomic mass is 9.66. The van der Waals surface area contributed by atoms with Gasteiger partial charge in [0.2, 0.25) is 0 Å². The SMILES string of the molecule is CCC(C)(C)C(=O)O[C@@H]1C[C@H](O)C=C2C=C[C@H](C)[C@H](CCC3C[C@@H](O)CC(=O)O3)C21. The Kier molecular flexibility index (Phi) is 7.08. The molecule has 0 amide bonds. The van der Waals surface area contributed by atoms with Gasteiger partial charge in [0.05, 0.1) is 24.0 Å². The Balaban J connectivity index is 1.76. The van der Waals surface area contributed by atoms with Crippen molar-refractivity contribution in [1.82, 2.24) is 0 Å². The van der Waals surface area contributed by atoms with Crippen molar-refractivity contribution in [3.63, 3.8) is 0 Å². The molecule has 2 unspecified atom stereocenters. The van der Waals surface area contributed by atoms with Gasteiger partial charge in [-0.15, -0.1) is 0 Å². The van der Waals surface area contributed by atoms with E-state index < -0.39 is 17.6 Å². The van der Waals surface area contributed by atoms with Crippen molar-refractivity contribution >= 4 is 11.9 Å². The van der Waals surface area contributed by atoms with E-state index in [1.807, 2.05) is 32.9 Å². The molecule has 1 heterocycles. The van der Waals surface area contributed by atoms with E-state index in [1.54, 1.807) is 0 Å². The minimum absolute atomic E-state index is 0.00854. The molecular formula is C24H36O6. The predicted molar refractivity (Wildman–Crippen MR) is 112 cm³/mol. The second kappa shape index (κ2) is 9.23. The first kappa shape index (κ1) is 23.0. The molecule has 0 aromatic heterocycles. The fraction of sp³-hybridized carbons (Fsp3) is 0.750. The smallest absolute Gasteiger partial charge is 0.311 e. The Morgan fingerprint density at radius 3 is 2.67 bits per heavy atom. The lowest BCUT2D eigenvalue weighted by molar-refractivity contribution is -0.166. The van der Waals surface area contributed by atoms with Crippen molar-refractivity contribution in [3.8, 4) is 0 Å². The van der Waals surface area contributed by atoms with E-state index in [1.165, 1.54) is 0 Å². The quantitative estimate of drug-likeness (QED) is 0.641. The molecule has 0 bridgehead atoms. The van der Waals surface area contributed by atoms with Crippen LogP contribution in [0.25, 0.3) is 0 Å². The van der Waals surface area contributed by atoms with Gasteiger partial charge in [0, 0.05) is 18.8 Å². The number of esters is 2. The summed E-state index contributed by atoms with van der Waals surface area (Å²) in [5.74, 6) is -0.0886. The van der Waals surface area contributed by atoms with Crippen molar-refractivity contribution in [2.24, 2.45) is 23.2 Å². The molecule has 1 fully saturated rings. The average Bonchev–Trinajstić information content (AvgIpc) is 2.66. The lowest BCUT2D eigenvalue weighted by Gasteiger charge is -2.43. The zero-order chi connectivity index (χ0) is 22.1. The van der Waals surface area contributed by atoms with Crippen LogP contribution in [0.4, 0.5) is 0 Å². The number of carbonyl (C=O) groups excluding carboxylic acids is 2. The third kappa shape index (κ3) is 5.14.